The van der Waals surface area contributed by atoms with Crippen molar-refractivity contribution >= 4 is 11.4 Å². The molecule has 0 amide bonds. The highest BCUT2D eigenvalue weighted by Crippen LogP contribution is 2.21. The van der Waals surface area contributed by atoms with Crippen LogP contribution in [0.5, 0.6) is 5.75 Å². The van der Waals surface area contributed by atoms with Gasteiger partial charge in [0.15, 0.2) is 0 Å². The molecule has 1 fully saturated rings. The second-order valence-electron chi connectivity index (χ2n) is 5.14. The quantitative estimate of drug-likeness (QED) is 0.610. The van der Waals surface area contributed by atoms with Crippen LogP contribution in [0.3, 0.4) is 0 Å². The molecule has 1 saturated heterocycles. The summed E-state index contributed by atoms with van der Waals surface area (Å²) in [6, 6.07) is 5.43. The van der Waals surface area contributed by atoms with Gasteiger partial charge in [-0.3, -0.25) is 0 Å². The first-order valence-electron chi connectivity index (χ1n) is 6.84. The summed E-state index contributed by atoms with van der Waals surface area (Å²) in [5.74, 6) is 0.796. The van der Waals surface area contributed by atoms with E-state index in [0.717, 1.165) is 51.5 Å². The highest BCUT2D eigenvalue weighted by molar-refractivity contribution is 5.65. The van der Waals surface area contributed by atoms with Crippen LogP contribution in [0.1, 0.15) is 6.42 Å². The predicted octanol–water partition coefficient (Wildman–Crippen LogP) is 0.867. The van der Waals surface area contributed by atoms with E-state index in [1.807, 2.05) is 6.07 Å². The van der Waals surface area contributed by atoms with Gasteiger partial charge in [0.2, 0.25) is 0 Å². The van der Waals surface area contributed by atoms with Gasteiger partial charge >= 0.3 is 0 Å². The lowest BCUT2D eigenvalue weighted by molar-refractivity contribution is 0.145. The fraction of sp³-hybridized carbons (Fsp3) is 0.571. The van der Waals surface area contributed by atoms with E-state index in [9.17, 15) is 0 Å². The van der Waals surface area contributed by atoms with Crippen molar-refractivity contribution < 1.29 is 4.74 Å². The van der Waals surface area contributed by atoms with Crippen LogP contribution >= 0.6 is 0 Å². The number of hydrogen-bond acceptors (Lipinski definition) is 5. The molecule has 5 nitrogen and oxygen atoms in total. The summed E-state index contributed by atoms with van der Waals surface area (Å²) in [5, 5.41) is 0. The zero-order chi connectivity index (χ0) is 13.7. The highest BCUT2D eigenvalue weighted by atomic mass is 16.5. The molecule has 1 heterocycles. The Bertz CT molecular complexity index is 402. The van der Waals surface area contributed by atoms with Crippen LogP contribution in [0, 0.1) is 0 Å². The zero-order valence-corrected chi connectivity index (χ0v) is 11.6. The van der Waals surface area contributed by atoms with Gasteiger partial charge in [0.05, 0.1) is 18.0 Å². The van der Waals surface area contributed by atoms with Gasteiger partial charge in [0, 0.05) is 38.8 Å². The van der Waals surface area contributed by atoms with E-state index in [2.05, 4.69) is 16.8 Å². The van der Waals surface area contributed by atoms with Gasteiger partial charge in [-0.15, -0.1) is 0 Å². The van der Waals surface area contributed by atoms with Crippen molar-refractivity contribution in [3.63, 3.8) is 0 Å². The molecule has 1 aliphatic rings. The standard InChI is InChI=1S/C14H24N4O/c1-17-6-8-18(9-7-17)5-2-10-19-12-3-4-13(15)14(16)11-12/h3-4,11H,2,5-10,15-16H2,1H3. The van der Waals surface area contributed by atoms with Crippen LogP contribution < -0.4 is 16.2 Å². The predicted molar refractivity (Wildman–Crippen MR) is 79.3 cm³/mol. The number of benzene rings is 1. The molecule has 0 saturated carbocycles. The fourth-order valence-electron chi connectivity index (χ4n) is 2.19. The molecule has 0 aromatic heterocycles. The summed E-state index contributed by atoms with van der Waals surface area (Å²) >= 11 is 0. The van der Waals surface area contributed by atoms with Gasteiger partial charge in [-0.25, -0.2) is 0 Å². The van der Waals surface area contributed by atoms with E-state index < -0.39 is 0 Å². The number of nitrogens with zero attached hydrogens (tertiary/aromatic N) is 2. The van der Waals surface area contributed by atoms with E-state index in [4.69, 9.17) is 16.2 Å². The molecule has 19 heavy (non-hydrogen) atoms. The molecule has 1 aliphatic heterocycles. The maximum Gasteiger partial charge on any atom is 0.121 e. The molecule has 0 aliphatic carbocycles. The minimum Gasteiger partial charge on any atom is -0.493 e. The number of ether oxygens (including phenoxy) is 1. The second kappa shape index (κ2) is 6.63. The van der Waals surface area contributed by atoms with E-state index in [-0.39, 0.29) is 0 Å². The molecule has 0 unspecified atom stereocenters. The smallest absolute Gasteiger partial charge is 0.121 e. The fourth-order valence-corrected chi connectivity index (χ4v) is 2.19. The van der Waals surface area contributed by atoms with Gasteiger partial charge < -0.3 is 26.0 Å². The third-order valence-electron chi connectivity index (χ3n) is 3.54. The maximum atomic E-state index is 5.74. The van der Waals surface area contributed by atoms with Crippen molar-refractivity contribution in [3.05, 3.63) is 18.2 Å². The Hall–Kier alpha value is -1.46. The second-order valence-corrected chi connectivity index (χ2v) is 5.14. The normalized spacial score (nSPS) is 17.5. The average molecular weight is 264 g/mol. The summed E-state index contributed by atoms with van der Waals surface area (Å²) in [6.45, 7) is 6.45. The summed E-state index contributed by atoms with van der Waals surface area (Å²) in [6.07, 6.45) is 1.04. The molecule has 0 atom stereocenters. The molecule has 0 spiro atoms. The van der Waals surface area contributed by atoms with E-state index in [1.165, 1.54) is 0 Å². The monoisotopic (exact) mass is 264 g/mol. The van der Waals surface area contributed by atoms with Crippen molar-refractivity contribution in [1.82, 2.24) is 9.80 Å². The molecule has 1 aromatic carbocycles. The zero-order valence-electron chi connectivity index (χ0n) is 11.6. The Morgan fingerprint density at radius 2 is 1.84 bits per heavy atom. The van der Waals surface area contributed by atoms with Crippen LogP contribution in [0.25, 0.3) is 0 Å². The van der Waals surface area contributed by atoms with Crippen molar-refractivity contribution in [3.8, 4) is 5.75 Å². The van der Waals surface area contributed by atoms with Crippen molar-refractivity contribution in [2.75, 3.05) is 57.8 Å². The maximum absolute atomic E-state index is 5.74. The Kier molecular flexibility index (Phi) is 4.87. The highest BCUT2D eigenvalue weighted by Gasteiger charge is 2.12. The van der Waals surface area contributed by atoms with Crippen LogP contribution in [0.15, 0.2) is 18.2 Å². The van der Waals surface area contributed by atoms with Crippen LogP contribution in [-0.2, 0) is 0 Å². The van der Waals surface area contributed by atoms with Gasteiger partial charge in [-0.1, -0.05) is 0 Å². The van der Waals surface area contributed by atoms with Crippen LogP contribution in [0.4, 0.5) is 11.4 Å². The van der Waals surface area contributed by atoms with Crippen molar-refractivity contribution in [2.45, 2.75) is 6.42 Å². The van der Waals surface area contributed by atoms with Gasteiger partial charge in [-0.2, -0.15) is 0 Å². The molecule has 5 heteroatoms. The first-order valence-corrected chi connectivity index (χ1v) is 6.84. The molecule has 0 bridgehead atoms. The number of anilines is 2. The SMILES string of the molecule is CN1CCN(CCCOc2ccc(N)c(N)c2)CC1. The summed E-state index contributed by atoms with van der Waals surface area (Å²) in [5.41, 5.74) is 12.6. The number of nitrogens with two attached hydrogens (primary N) is 2. The lowest BCUT2D eigenvalue weighted by atomic mass is 10.2. The van der Waals surface area contributed by atoms with E-state index >= 15 is 0 Å². The Labute approximate surface area is 115 Å². The Morgan fingerprint density at radius 3 is 2.53 bits per heavy atom. The minimum atomic E-state index is 0.580. The number of piperazine rings is 1. The van der Waals surface area contributed by atoms with E-state index in [1.54, 1.807) is 12.1 Å². The molecular weight excluding hydrogens is 240 g/mol. The number of rotatable bonds is 5. The summed E-state index contributed by atoms with van der Waals surface area (Å²) < 4.78 is 5.68. The van der Waals surface area contributed by atoms with Crippen LogP contribution in [0.2, 0.25) is 0 Å². The molecule has 106 valence electrons. The number of likely N-dealkylation sites (N-methyl/N-ethyl adjacent to an activating group) is 1. The number of hydrogen-bond donors (Lipinski definition) is 2. The molecule has 4 N–H and O–H groups in total. The largest absolute Gasteiger partial charge is 0.493 e. The van der Waals surface area contributed by atoms with Crippen LogP contribution in [-0.4, -0.2) is 56.2 Å². The van der Waals surface area contributed by atoms with Gasteiger partial charge in [-0.05, 0) is 25.6 Å². The Morgan fingerprint density at radius 1 is 1.11 bits per heavy atom. The van der Waals surface area contributed by atoms with E-state index in [0.29, 0.717) is 11.4 Å². The first-order chi connectivity index (χ1) is 9.15. The molecule has 2 rings (SSSR count). The van der Waals surface area contributed by atoms with Gasteiger partial charge in [0.1, 0.15) is 5.75 Å². The Balaban J connectivity index is 1.65. The average Bonchev–Trinajstić information content (AvgIpc) is 2.41. The third kappa shape index (κ3) is 4.29. The molecular formula is C14H24N4O. The van der Waals surface area contributed by atoms with Crippen molar-refractivity contribution in [1.29, 1.82) is 0 Å². The molecule has 1 aromatic rings. The first kappa shape index (κ1) is 14.0. The minimum absolute atomic E-state index is 0.580. The lowest BCUT2D eigenvalue weighted by Gasteiger charge is -2.32. The summed E-state index contributed by atoms with van der Waals surface area (Å²) in [4.78, 5) is 4.85. The number of nitrogen functional groups attached to an aromatic ring is 2. The topological polar surface area (TPSA) is 67.8 Å². The third-order valence-corrected chi connectivity index (χ3v) is 3.54. The van der Waals surface area contributed by atoms with Gasteiger partial charge in [0.25, 0.3) is 0 Å². The van der Waals surface area contributed by atoms with Crippen molar-refractivity contribution in [2.24, 2.45) is 0 Å². The lowest BCUT2D eigenvalue weighted by Crippen LogP contribution is -2.44. The molecule has 0 radical (unpaired) electrons. The summed E-state index contributed by atoms with van der Waals surface area (Å²) in [7, 11) is 2.17.